The Balaban J connectivity index is 1.65. The molecule has 0 aromatic rings. The number of carbonyl (C=O) groups is 1. The number of hydrogen-bond acceptors (Lipinski definition) is 4. The highest BCUT2D eigenvalue weighted by Gasteiger charge is 2.26. The summed E-state index contributed by atoms with van der Waals surface area (Å²) in [6.07, 6.45) is 2.83. The normalized spacial score (nSPS) is 21.8. The van der Waals surface area contributed by atoms with E-state index in [4.69, 9.17) is 4.74 Å². The van der Waals surface area contributed by atoms with E-state index >= 15 is 0 Å². The molecule has 4 nitrogen and oxygen atoms in total. The lowest BCUT2D eigenvalue weighted by Crippen LogP contribution is -2.47. The number of carbonyl (C=O) groups excluding carboxylic acids is 1. The molecule has 2 aliphatic rings. The number of esters is 1. The predicted molar refractivity (Wildman–Crippen MR) is 71.4 cm³/mol. The number of nitrogens with zero attached hydrogens (tertiary/aromatic N) is 2. The summed E-state index contributed by atoms with van der Waals surface area (Å²) in [6, 6.07) is 0. The van der Waals surface area contributed by atoms with Gasteiger partial charge in [-0.15, -0.1) is 0 Å². The van der Waals surface area contributed by atoms with Crippen molar-refractivity contribution in [3.8, 4) is 0 Å². The second kappa shape index (κ2) is 6.34. The van der Waals surface area contributed by atoms with Crippen molar-refractivity contribution in [3.05, 3.63) is 12.2 Å². The smallest absolute Gasteiger partial charge is 0.334 e. The molecule has 0 amide bonds. The van der Waals surface area contributed by atoms with Gasteiger partial charge in [-0.3, -0.25) is 4.90 Å². The lowest BCUT2D eigenvalue weighted by Gasteiger charge is -2.34. The number of hydrogen-bond donors (Lipinski definition) is 0. The summed E-state index contributed by atoms with van der Waals surface area (Å²) in [6.45, 7) is 12.3. The highest BCUT2D eigenvalue weighted by atomic mass is 16.5. The van der Waals surface area contributed by atoms with Gasteiger partial charge in [-0.25, -0.2) is 4.79 Å². The van der Waals surface area contributed by atoms with Gasteiger partial charge in [0.2, 0.25) is 0 Å². The lowest BCUT2D eigenvalue weighted by molar-refractivity contribution is -0.138. The van der Waals surface area contributed by atoms with E-state index in [0.717, 1.165) is 32.1 Å². The van der Waals surface area contributed by atoms with Crippen LogP contribution in [0, 0.1) is 5.92 Å². The predicted octanol–water partition coefficient (Wildman–Crippen LogP) is 1.13. The molecule has 2 fully saturated rings. The highest BCUT2D eigenvalue weighted by Crippen LogP contribution is 2.29. The van der Waals surface area contributed by atoms with Gasteiger partial charge in [0.05, 0.1) is 6.61 Å². The van der Waals surface area contributed by atoms with Crippen molar-refractivity contribution in [2.24, 2.45) is 5.92 Å². The van der Waals surface area contributed by atoms with Gasteiger partial charge >= 0.3 is 5.97 Å². The third-order valence-electron chi connectivity index (χ3n) is 3.66. The molecule has 0 atom stereocenters. The van der Waals surface area contributed by atoms with E-state index < -0.39 is 0 Å². The van der Waals surface area contributed by atoms with Crippen molar-refractivity contribution in [1.29, 1.82) is 0 Å². The number of piperazine rings is 1. The molecule has 0 N–H and O–H groups in total. The average Bonchev–Trinajstić information content (AvgIpc) is 3.16. The minimum absolute atomic E-state index is 0.252. The fourth-order valence-corrected chi connectivity index (χ4v) is 2.36. The van der Waals surface area contributed by atoms with Gasteiger partial charge in [0, 0.05) is 44.8 Å². The number of rotatable bonds is 6. The second-order valence-corrected chi connectivity index (χ2v) is 5.34. The molecule has 0 aromatic heterocycles. The second-order valence-electron chi connectivity index (χ2n) is 5.34. The van der Waals surface area contributed by atoms with Crippen LogP contribution < -0.4 is 0 Å². The fourth-order valence-electron chi connectivity index (χ4n) is 2.36. The van der Waals surface area contributed by atoms with Crippen LogP contribution in [0.1, 0.15) is 19.8 Å². The summed E-state index contributed by atoms with van der Waals surface area (Å²) in [5, 5.41) is 0. The van der Waals surface area contributed by atoms with Crippen LogP contribution >= 0.6 is 0 Å². The van der Waals surface area contributed by atoms with Crippen LogP contribution in [-0.2, 0) is 9.53 Å². The van der Waals surface area contributed by atoms with Gasteiger partial charge in [0.15, 0.2) is 0 Å². The van der Waals surface area contributed by atoms with Crippen molar-refractivity contribution in [1.82, 2.24) is 9.80 Å². The molecule has 18 heavy (non-hydrogen) atoms. The molecule has 0 spiro atoms. The van der Waals surface area contributed by atoms with Gasteiger partial charge in [-0.1, -0.05) is 6.58 Å². The van der Waals surface area contributed by atoms with E-state index in [9.17, 15) is 4.79 Å². The molecular weight excluding hydrogens is 228 g/mol. The summed E-state index contributed by atoms with van der Waals surface area (Å²) >= 11 is 0. The van der Waals surface area contributed by atoms with E-state index in [2.05, 4.69) is 16.4 Å². The molecule has 1 aliphatic heterocycles. The van der Waals surface area contributed by atoms with Crippen molar-refractivity contribution in [2.45, 2.75) is 19.8 Å². The van der Waals surface area contributed by atoms with Crippen molar-refractivity contribution >= 4 is 5.97 Å². The zero-order valence-electron chi connectivity index (χ0n) is 11.4. The Morgan fingerprint density at radius 3 is 2.39 bits per heavy atom. The van der Waals surface area contributed by atoms with Gasteiger partial charge in [0.25, 0.3) is 0 Å². The topological polar surface area (TPSA) is 32.8 Å². The molecule has 1 heterocycles. The zero-order chi connectivity index (χ0) is 13.0. The van der Waals surface area contributed by atoms with Crippen LogP contribution in [0.15, 0.2) is 12.2 Å². The van der Waals surface area contributed by atoms with E-state index in [-0.39, 0.29) is 5.97 Å². The maximum atomic E-state index is 11.5. The SMILES string of the molecule is C=C(CN1CCN(CC2CC2)CC1)C(=O)OCC. The van der Waals surface area contributed by atoms with Crippen molar-refractivity contribution in [3.63, 3.8) is 0 Å². The van der Waals surface area contributed by atoms with Crippen LogP contribution in [0.5, 0.6) is 0 Å². The fraction of sp³-hybridized carbons (Fsp3) is 0.786. The Morgan fingerprint density at radius 2 is 1.83 bits per heavy atom. The van der Waals surface area contributed by atoms with Gasteiger partial charge < -0.3 is 9.64 Å². The molecule has 1 saturated carbocycles. The third-order valence-corrected chi connectivity index (χ3v) is 3.66. The van der Waals surface area contributed by atoms with Crippen LogP contribution in [-0.4, -0.2) is 61.6 Å². The van der Waals surface area contributed by atoms with E-state index in [1.807, 2.05) is 6.92 Å². The van der Waals surface area contributed by atoms with Crippen LogP contribution in [0.2, 0.25) is 0 Å². The lowest BCUT2D eigenvalue weighted by atomic mass is 10.2. The van der Waals surface area contributed by atoms with Crippen LogP contribution in [0.25, 0.3) is 0 Å². The summed E-state index contributed by atoms with van der Waals surface area (Å²) in [4.78, 5) is 16.3. The Labute approximate surface area is 110 Å². The standard InChI is InChI=1S/C14H24N2O2/c1-3-18-14(17)12(2)10-15-6-8-16(9-7-15)11-13-4-5-13/h13H,2-11H2,1H3. The minimum Gasteiger partial charge on any atom is -0.463 e. The Kier molecular flexibility index (Phi) is 4.78. The Morgan fingerprint density at radius 1 is 1.22 bits per heavy atom. The van der Waals surface area contributed by atoms with E-state index in [0.29, 0.717) is 18.7 Å². The first-order valence-electron chi connectivity index (χ1n) is 6.98. The first-order valence-corrected chi connectivity index (χ1v) is 6.98. The van der Waals surface area contributed by atoms with E-state index in [1.165, 1.54) is 19.4 Å². The van der Waals surface area contributed by atoms with E-state index in [1.54, 1.807) is 0 Å². The van der Waals surface area contributed by atoms with Crippen LogP contribution in [0.4, 0.5) is 0 Å². The minimum atomic E-state index is -0.252. The molecule has 4 heteroatoms. The highest BCUT2D eigenvalue weighted by molar-refractivity contribution is 5.88. The first-order chi connectivity index (χ1) is 8.69. The van der Waals surface area contributed by atoms with Crippen molar-refractivity contribution in [2.75, 3.05) is 45.9 Å². The molecule has 2 rings (SSSR count). The van der Waals surface area contributed by atoms with Gasteiger partial charge in [-0.2, -0.15) is 0 Å². The Bertz CT molecular complexity index is 305. The Hall–Kier alpha value is -0.870. The molecular formula is C14H24N2O2. The summed E-state index contributed by atoms with van der Waals surface area (Å²) < 4.78 is 4.95. The summed E-state index contributed by atoms with van der Waals surface area (Å²) in [7, 11) is 0. The van der Waals surface area contributed by atoms with Gasteiger partial charge in [0.1, 0.15) is 0 Å². The molecule has 0 radical (unpaired) electrons. The molecule has 0 unspecified atom stereocenters. The molecule has 0 bridgehead atoms. The maximum Gasteiger partial charge on any atom is 0.334 e. The molecule has 1 saturated heterocycles. The maximum absolute atomic E-state index is 11.5. The summed E-state index contributed by atoms with van der Waals surface area (Å²) in [5.41, 5.74) is 0.576. The summed E-state index contributed by atoms with van der Waals surface area (Å²) in [5.74, 6) is 0.712. The molecule has 0 aromatic carbocycles. The monoisotopic (exact) mass is 252 g/mol. The number of ether oxygens (including phenoxy) is 1. The van der Waals surface area contributed by atoms with Gasteiger partial charge in [-0.05, 0) is 25.7 Å². The molecule has 102 valence electrons. The first kappa shape index (κ1) is 13.6. The average molecular weight is 252 g/mol. The van der Waals surface area contributed by atoms with Crippen molar-refractivity contribution < 1.29 is 9.53 Å². The van der Waals surface area contributed by atoms with Crippen LogP contribution in [0.3, 0.4) is 0 Å². The quantitative estimate of drug-likeness (QED) is 0.524. The molecule has 1 aliphatic carbocycles. The largest absolute Gasteiger partial charge is 0.463 e. The zero-order valence-corrected chi connectivity index (χ0v) is 11.4. The third kappa shape index (κ3) is 4.10.